The monoisotopic (exact) mass is 397 g/mol. The molecule has 156 valence electrons. The van der Waals surface area contributed by atoms with Crippen LogP contribution in [0.2, 0.25) is 0 Å². The predicted molar refractivity (Wildman–Crippen MR) is 102 cm³/mol. The molecule has 1 aliphatic rings. The topological polar surface area (TPSA) is 74.7 Å². The Hall–Kier alpha value is -2.23. The summed E-state index contributed by atoms with van der Waals surface area (Å²) in [7, 11) is 0. The lowest BCUT2D eigenvalue weighted by Crippen LogP contribution is -2.36. The molecule has 1 fully saturated rings. The van der Waals surface area contributed by atoms with Crippen LogP contribution >= 0.6 is 0 Å². The third-order valence-corrected chi connectivity index (χ3v) is 4.66. The Morgan fingerprint density at radius 3 is 2.61 bits per heavy atom. The van der Waals surface area contributed by atoms with Crippen LogP contribution < -0.4 is 0 Å². The maximum absolute atomic E-state index is 13.9. The molecule has 0 bridgehead atoms. The van der Waals surface area contributed by atoms with Gasteiger partial charge in [0.1, 0.15) is 0 Å². The Labute approximate surface area is 165 Å². The van der Waals surface area contributed by atoms with Gasteiger partial charge < -0.3 is 10.0 Å². The van der Waals surface area contributed by atoms with E-state index in [4.69, 9.17) is 5.11 Å². The summed E-state index contributed by atoms with van der Waals surface area (Å²) in [4.78, 5) is 35.7. The Balaban J connectivity index is 2.60. The van der Waals surface area contributed by atoms with Crippen molar-refractivity contribution in [2.24, 2.45) is 5.92 Å². The highest BCUT2D eigenvalue weighted by Crippen LogP contribution is 2.34. The van der Waals surface area contributed by atoms with Crippen molar-refractivity contribution in [3.8, 4) is 11.8 Å². The number of carboxylic acids is 1. The maximum Gasteiger partial charge on any atom is 0.327 e. The lowest BCUT2D eigenvalue weighted by Gasteiger charge is -2.21. The lowest BCUT2D eigenvalue weighted by molar-refractivity contribution is -0.148. The van der Waals surface area contributed by atoms with Gasteiger partial charge >= 0.3 is 11.9 Å². The van der Waals surface area contributed by atoms with Crippen LogP contribution in [-0.2, 0) is 14.4 Å². The van der Waals surface area contributed by atoms with Crippen molar-refractivity contribution in [1.82, 2.24) is 4.90 Å². The number of hydrogen-bond acceptors (Lipinski definition) is 3. The fourth-order valence-corrected chi connectivity index (χ4v) is 2.99. The number of aliphatic carboxylic acids is 1. The van der Waals surface area contributed by atoms with Crippen molar-refractivity contribution < 1.29 is 28.3 Å². The number of carbonyl (C=O) groups is 3. The van der Waals surface area contributed by atoms with Crippen molar-refractivity contribution >= 4 is 17.7 Å². The van der Waals surface area contributed by atoms with E-state index in [1.807, 2.05) is 6.92 Å². The number of carbonyl (C=O) groups excluding carboxylic acids is 2. The second-order valence-electron chi connectivity index (χ2n) is 7.11. The summed E-state index contributed by atoms with van der Waals surface area (Å²) in [6.45, 7) is 3.82. The van der Waals surface area contributed by atoms with Crippen molar-refractivity contribution in [2.75, 3.05) is 6.54 Å². The molecular weight excluding hydrogens is 368 g/mol. The van der Waals surface area contributed by atoms with Crippen LogP contribution in [0.15, 0.2) is 12.2 Å². The van der Waals surface area contributed by atoms with Crippen LogP contribution in [0.1, 0.15) is 65.2 Å². The first kappa shape index (κ1) is 23.8. The van der Waals surface area contributed by atoms with Gasteiger partial charge in [0.05, 0.1) is 6.04 Å². The van der Waals surface area contributed by atoms with Gasteiger partial charge in [-0.25, -0.2) is 0 Å². The van der Waals surface area contributed by atoms with Gasteiger partial charge in [-0.15, -0.1) is 11.8 Å². The highest BCUT2D eigenvalue weighted by Gasteiger charge is 2.52. The number of ketones is 1. The molecule has 1 N–H and O–H groups in total. The van der Waals surface area contributed by atoms with Gasteiger partial charge in [0.2, 0.25) is 0 Å². The molecule has 0 aromatic rings. The molecule has 5 nitrogen and oxygen atoms in total. The number of amides is 1. The molecule has 0 spiro atoms. The average Bonchev–Trinajstić information content (AvgIpc) is 2.85. The quantitative estimate of drug-likeness (QED) is 0.327. The molecule has 28 heavy (non-hydrogen) atoms. The second-order valence-corrected chi connectivity index (χ2v) is 7.11. The molecule has 0 saturated carbocycles. The average molecular weight is 397 g/mol. The van der Waals surface area contributed by atoms with Gasteiger partial charge in [-0.3, -0.25) is 14.4 Å². The molecule has 0 unspecified atom stereocenters. The number of likely N-dealkylation sites (tertiary alicyclic amines) is 1. The normalized spacial score (nSPS) is 19.5. The Morgan fingerprint density at radius 2 is 1.96 bits per heavy atom. The summed E-state index contributed by atoms with van der Waals surface area (Å²) in [6.07, 6.45) is 5.63. The molecule has 1 rings (SSSR count). The van der Waals surface area contributed by atoms with Gasteiger partial charge in [-0.05, 0) is 18.9 Å². The van der Waals surface area contributed by atoms with E-state index in [-0.39, 0.29) is 24.7 Å². The van der Waals surface area contributed by atoms with Gasteiger partial charge in [0.25, 0.3) is 5.91 Å². The van der Waals surface area contributed by atoms with E-state index < -0.39 is 30.3 Å². The zero-order valence-corrected chi connectivity index (χ0v) is 16.5. The minimum atomic E-state index is -3.42. The maximum atomic E-state index is 13.9. The molecule has 1 saturated heterocycles. The first-order valence-corrected chi connectivity index (χ1v) is 9.77. The van der Waals surface area contributed by atoms with E-state index in [9.17, 15) is 23.2 Å². The Bertz CT molecular complexity index is 649. The fourth-order valence-electron chi connectivity index (χ4n) is 2.99. The van der Waals surface area contributed by atoms with Crippen molar-refractivity contribution in [2.45, 2.75) is 77.2 Å². The Kier molecular flexibility index (Phi) is 9.84. The van der Waals surface area contributed by atoms with Crippen molar-refractivity contribution in [1.29, 1.82) is 0 Å². The number of allylic oxidation sites excluding steroid dienone is 1. The first-order chi connectivity index (χ1) is 13.2. The minimum absolute atomic E-state index is 0.0784. The van der Waals surface area contributed by atoms with Crippen LogP contribution in [0.25, 0.3) is 0 Å². The molecule has 1 heterocycles. The smallest absolute Gasteiger partial charge is 0.327 e. The first-order valence-electron chi connectivity index (χ1n) is 9.77. The molecule has 1 aliphatic heterocycles. The molecule has 0 radical (unpaired) electrons. The zero-order valence-electron chi connectivity index (χ0n) is 16.5. The van der Waals surface area contributed by atoms with Crippen LogP contribution in [0.3, 0.4) is 0 Å². The number of rotatable bonds is 11. The zero-order chi connectivity index (χ0) is 21.2. The van der Waals surface area contributed by atoms with Crippen LogP contribution in [0.4, 0.5) is 8.78 Å². The van der Waals surface area contributed by atoms with Crippen molar-refractivity contribution in [3.63, 3.8) is 0 Å². The van der Waals surface area contributed by atoms with E-state index in [1.54, 1.807) is 6.92 Å². The number of halogens is 2. The molecular formula is C21H29F2NO4. The number of carboxylic acid groups (broad SMARTS) is 1. The Morgan fingerprint density at radius 1 is 1.29 bits per heavy atom. The summed E-state index contributed by atoms with van der Waals surface area (Å²) in [5.74, 6) is -0.216. The fraction of sp³-hybridized carbons (Fsp3) is 0.667. The third kappa shape index (κ3) is 7.79. The van der Waals surface area contributed by atoms with E-state index >= 15 is 0 Å². The van der Waals surface area contributed by atoms with Crippen LogP contribution in [0.5, 0.6) is 0 Å². The summed E-state index contributed by atoms with van der Waals surface area (Å²) >= 11 is 0. The molecule has 7 heteroatoms. The standard InChI is InChI=1S/C21H29F2NO4/c1-3-4-7-10-16(2)18(25)13-12-17-15-21(22,23)20(28)24(17)14-9-6-5-8-11-19(26)27/h12-13,16-17H,3,5-6,8-11,14-15H2,1-2H3,(H,26,27)/b13-12+/t16-,17-/m0/s1. The van der Waals surface area contributed by atoms with Crippen LogP contribution in [0, 0.1) is 17.8 Å². The summed E-state index contributed by atoms with van der Waals surface area (Å²) in [5, 5.41) is 8.59. The predicted octanol–water partition coefficient (Wildman–Crippen LogP) is 3.82. The molecule has 2 atom stereocenters. The summed E-state index contributed by atoms with van der Waals surface area (Å²) in [6, 6.07) is -0.806. The number of unbranched alkanes of at least 4 members (excludes halogenated alkanes) is 3. The SMILES string of the molecule is CCC#CC[C@H](C)C(=O)/C=C/[C@H]1CC(F)(F)C(=O)N1CCCCCCC(=O)O. The molecule has 0 aromatic carbocycles. The van der Waals surface area contributed by atoms with E-state index in [2.05, 4.69) is 11.8 Å². The van der Waals surface area contributed by atoms with Crippen LogP contribution in [-0.4, -0.2) is 46.2 Å². The van der Waals surface area contributed by atoms with Gasteiger partial charge in [0, 0.05) is 38.1 Å². The lowest BCUT2D eigenvalue weighted by atomic mass is 10.0. The molecule has 0 aliphatic carbocycles. The minimum Gasteiger partial charge on any atom is -0.481 e. The molecule has 0 aromatic heterocycles. The van der Waals surface area contributed by atoms with E-state index in [0.717, 1.165) is 4.90 Å². The molecule has 1 amide bonds. The summed E-state index contributed by atoms with van der Waals surface area (Å²) in [5.41, 5.74) is 0. The third-order valence-electron chi connectivity index (χ3n) is 4.66. The van der Waals surface area contributed by atoms with E-state index in [0.29, 0.717) is 38.5 Å². The number of hydrogen-bond donors (Lipinski definition) is 1. The summed E-state index contributed by atoms with van der Waals surface area (Å²) < 4.78 is 27.7. The van der Waals surface area contributed by atoms with Gasteiger partial charge in [-0.2, -0.15) is 8.78 Å². The van der Waals surface area contributed by atoms with E-state index in [1.165, 1.54) is 12.2 Å². The van der Waals surface area contributed by atoms with Gasteiger partial charge in [0.15, 0.2) is 5.78 Å². The second kappa shape index (κ2) is 11.6. The van der Waals surface area contributed by atoms with Crippen molar-refractivity contribution in [3.05, 3.63) is 12.2 Å². The highest BCUT2D eigenvalue weighted by atomic mass is 19.3. The van der Waals surface area contributed by atoms with Gasteiger partial charge in [-0.1, -0.05) is 32.8 Å². The number of nitrogens with zero attached hydrogens (tertiary/aromatic N) is 1. The number of alkyl halides is 2. The highest BCUT2D eigenvalue weighted by molar-refractivity contribution is 5.92. The largest absolute Gasteiger partial charge is 0.481 e.